The SMILES string of the molecule is CNC(CC(C)(C)C)C(=O)OC(C)C(=O)N(C)C(CC(C)(C)F)C(=O)OC(Cc1ccc(SC(F)(F)F)cc1)C(=O)N(C)C(CC(C)(C)C)C(=O)OC(C)C(=O)N(C)C(CC(C)(C)F)C(=O)OC(Cc1ccc(SC(F)(F)F)cc1)C(=O)O. The summed E-state index contributed by atoms with van der Waals surface area (Å²) in [5.74, 6) is -9.73. The van der Waals surface area contributed by atoms with Gasteiger partial charge in [0.2, 0.25) is 6.10 Å². The molecule has 2 rings (SSSR count). The smallest absolute Gasteiger partial charge is 0.446 e. The molecule has 0 aliphatic heterocycles. The first-order valence-corrected chi connectivity index (χ1v) is 27.8. The van der Waals surface area contributed by atoms with Gasteiger partial charge in [0, 0.05) is 56.6 Å². The lowest BCUT2D eigenvalue weighted by Crippen LogP contribution is -2.54. The Hall–Kier alpha value is -5.70. The lowest BCUT2D eigenvalue weighted by atomic mass is 9.87. The summed E-state index contributed by atoms with van der Waals surface area (Å²) in [6.45, 7) is 17.3. The van der Waals surface area contributed by atoms with E-state index < -0.39 is 173 Å². The van der Waals surface area contributed by atoms with Crippen molar-refractivity contribution >= 4 is 71.1 Å². The number of nitrogens with zero attached hydrogens (tertiary/aromatic N) is 3. The van der Waals surface area contributed by atoms with Gasteiger partial charge in [-0.3, -0.25) is 19.2 Å². The minimum atomic E-state index is -4.67. The van der Waals surface area contributed by atoms with Crippen LogP contribution in [-0.2, 0) is 70.1 Å². The van der Waals surface area contributed by atoms with Gasteiger partial charge in [-0.05, 0) is 131 Å². The summed E-state index contributed by atoms with van der Waals surface area (Å²) < 4.78 is 132. The van der Waals surface area contributed by atoms with Gasteiger partial charge in [-0.2, -0.15) is 26.3 Å². The summed E-state index contributed by atoms with van der Waals surface area (Å²) in [5.41, 5.74) is -14.6. The zero-order valence-electron chi connectivity index (χ0n) is 49.5. The van der Waals surface area contributed by atoms with Crippen LogP contribution in [0.25, 0.3) is 0 Å². The van der Waals surface area contributed by atoms with Gasteiger partial charge < -0.3 is 44.1 Å². The van der Waals surface area contributed by atoms with Crippen molar-refractivity contribution in [3.63, 3.8) is 0 Å². The quantitative estimate of drug-likeness (QED) is 0.0351. The molecular formula is C56H78F8N4O13S2. The van der Waals surface area contributed by atoms with E-state index in [9.17, 15) is 69.8 Å². The molecular weight excluding hydrogens is 1150 g/mol. The molecule has 0 aliphatic carbocycles. The fourth-order valence-electron chi connectivity index (χ4n) is 8.30. The number of ether oxygens (including phenoxy) is 4. The predicted molar refractivity (Wildman–Crippen MR) is 293 cm³/mol. The van der Waals surface area contributed by atoms with Crippen molar-refractivity contribution in [2.45, 2.75) is 202 Å². The summed E-state index contributed by atoms with van der Waals surface area (Å²) in [6.07, 6.45) is -9.86. The van der Waals surface area contributed by atoms with Crippen LogP contribution in [0, 0.1) is 10.8 Å². The maximum atomic E-state index is 15.6. The topological polar surface area (TPSA) is 215 Å². The van der Waals surface area contributed by atoms with Crippen molar-refractivity contribution in [1.82, 2.24) is 20.0 Å². The zero-order chi connectivity index (χ0) is 64.1. The molecule has 0 fully saturated rings. The molecule has 0 saturated carbocycles. The Labute approximate surface area is 487 Å². The summed E-state index contributed by atoms with van der Waals surface area (Å²) in [6, 6.07) is 2.98. The first-order valence-electron chi connectivity index (χ1n) is 26.2. The molecule has 2 N–H and O–H groups in total. The standard InChI is InChI=1S/C56H78F8N4O13S2/c1-31(78-47(74)37(65-13)27-51(3,4)5)43(69)66(14)39(29-53(9,10)57)49(76)80-41(25-33-17-21-35(22-18-33)82-55(59,60)61)45(71)68(16)38(28-52(6,7)8)48(75)79-32(2)44(70)67(15)40(30-54(11,12)58)50(77)81-42(46(72)73)26-34-19-23-36(24-20-34)83-56(62,63)64/h17-24,31-32,37-42,65H,25-30H2,1-16H3,(H,72,73). The molecule has 8 unspecified atom stereocenters. The van der Waals surface area contributed by atoms with Crippen molar-refractivity contribution in [2.75, 3.05) is 28.2 Å². The normalized spacial score (nSPS) is 15.5. The highest BCUT2D eigenvalue weighted by atomic mass is 32.2. The maximum absolute atomic E-state index is 15.6. The van der Waals surface area contributed by atoms with Crippen LogP contribution in [0.5, 0.6) is 0 Å². The van der Waals surface area contributed by atoms with E-state index in [1.54, 1.807) is 20.8 Å². The molecule has 17 nitrogen and oxygen atoms in total. The monoisotopic (exact) mass is 1230 g/mol. The minimum Gasteiger partial charge on any atom is -0.478 e. The molecule has 0 bridgehead atoms. The molecule has 0 radical (unpaired) electrons. The second-order valence-corrected chi connectivity index (χ2v) is 26.0. The van der Waals surface area contributed by atoms with E-state index in [1.165, 1.54) is 38.2 Å². The highest BCUT2D eigenvalue weighted by Gasteiger charge is 2.44. The number of amides is 3. The fraction of sp³-hybridized carbons (Fsp3) is 0.643. The number of carboxylic acids is 1. The molecule has 8 atom stereocenters. The summed E-state index contributed by atoms with van der Waals surface area (Å²) >= 11 is -0.839. The molecule has 2 aromatic rings. The molecule has 0 saturated heterocycles. The minimum absolute atomic E-state index is 0.131. The number of halogens is 8. The van der Waals surface area contributed by atoms with Gasteiger partial charge in [-0.25, -0.2) is 28.0 Å². The molecule has 3 amide bonds. The van der Waals surface area contributed by atoms with Crippen LogP contribution in [0.1, 0.15) is 120 Å². The number of benzene rings is 2. The van der Waals surface area contributed by atoms with Crippen LogP contribution in [0.15, 0.2) is 58.3 Å². The summed E-state index contributed by atoms with van der Waals surface area (Å²) in [5, 5.41) is 12.8. The van der Waals surface area contributed by atoms with E-state index in [1.807, 2.05) is 20.8 Å². The van der Waals surface area contributed by atoms with Crippen LogP contribution in [0.3, 0.4) is 0 Å². The second-order valence-electron chi connectivity index (χ2n) is 23.8. The van der Waals surface area contributed by atoms with Crippen LogP contribution in [0.4, 0.5) is 35.1 Å². The average molecular weight is 1230 g/mol. The number of likely N-dealkylation sites (N-methyl/N-ethyl adjacent to an activating group) is 4. The third kappa shape index (κ3) is 26.4. The maximum Gasteiger partial charge on any atom is 0.446 e. The number of alkyl halides is 8. The molecule has 0 heterocycles. The second kappa shape index (κ2) is 29.9. The Morgan fingerprint density at radius 1 is 0.482 bits per heavy atom. The number of thioether (sulfide) groups is 2. The van der Waals surface area contributed by atoms with Crippen molar-refractivity contribution < 1.29 is 97.5 Å². The number of carbonyl (C=O) groups is 8. The number of nitrogens with one attached hydrogen (secondary N) is 1. The number of aliphatic carboxylic acids is 1. The molecule has 0 aromatic heterocycles. The zero-order valence-corrected chi connectivity index (χ0v) is 51.1. The molecule has 0 aliphatic rings. The largest absolute Gasteiger partial charge is 0.478 e. The van der Waals surface area contributed by atoms with Crippen molar-refractivity contribution in [3.05, 3.63) is 59.7 Å². The van der Waals surface area contributed by atoms with Crippen LogP contribution < -0.4 is 5.32 Å². The number of esters is 4. The fourth-order valence-corrected chi connectivity index (χ4v) is 9.38. The van der Waals surface area contributed by atoms with E-state index in [2.05, 4.69) is 5.32 Å². The molecule has 27 heteroatoms. The Morgan fingerprint density at radius 2 is 0.795 bits per heavy atom. The van der Waals surface area contributed by atoms with Crippen molar-refractivity contribution in [1.29, 1.82) is 0 Å². The van der Waals surface area contributed by atoms with E-state index in [0.29, 0.717) is 11.3 Å². The van der Waals surface area contributed by atoms with Gasteiger partial charge in [0.1, 0.15) is 35.5 Å². The van der Waals surface area contributed by atoms with Gasteiger partial charge in [-0.15, -0.1) is 0 Å². The van der Waals surface area contributed by atoms with Gasteiger partial charge in [-0.1, -0.05) is 65.8 Å². The first kappa shape index (κ1) is 73.4. The van der Waals surface area contributed by atoms with E-state index >= 15 is 8.78 Å². The number of carboxylic acid groups (broad SMARTS) is 1. The Balaban J connectivity index is 2.60. The van der Waals surface area contributed by atoms with Crippen LogP contribution in [0.2, 0.25) is 0 Å². The van der Waals surface area contributed by atoms with Crippen molar-refractivity contribution in [2.24, 2.45) is 10.8 Å². The molecule has 468 valence electrons. The van der Waals surface area contributed by atoms with Gasteiger partial charge in [0.05, 0.1) is 0 Å². The number of carbonyl (C=O) groups excluding carboxylic acids is 7. The number of hydrogen-bond acceptors (Lipinski definition) is 15. The van der Waals surface area contributed by atoms with Gasteiger partial charge in [0.15, 0.2) is 18.3 Å². The van der Waals surface area contributed by atoms with E-state index in [-0.39, 0.29) is 32.8 Å². The Morgan fingerprint density at radius 3 is 1.12 bits per heavy atom. The molecule has 83 heavy (non-hydrogen) atoms. The van der Waals surface area contributed by atoms with E-state index in [0.717, 1.165) is 89.8 Å². The van der Waals surface area contributed by atoms with Gasteiger partial charge >= 0.3 is 40.9 Å². The van der Waals surface area contributed by atoms with Crippen LogP contribution in [-0.4, -0.2) is 167 Å². The van der Waals surface area contributed by atoms with Crippen molar-refractivity contribution in [3.8, 4) is 0 Å². The van der Waals surface area contributed by atoms with E-state index in [4.69, 9.17) is 18.9 Å². The molecule has 2 aromatic carbocycles. The average Bonchev–Trinajstić information content (AvgIpc) is 3.42. The third-order valence-corrected chi connectivity index (χ3v) is 13.9. The highest BCUT2D eigenvalue weighted by molar-refractivity contribution is 8.00. The number of rotatable bonds is 28. The molecule has 0 spiro atoms. The third-order valence-electron chi connectivity index (χ3n) is 12.4. The predicted octanol–water partition coefficient (Wildman–Crippen LogP) is 9.69. The summed E-state index contributed by atoms with van der Waals surface area (Å²) in [4.78, 5) is 113. The van der Waals surface area contributed by atoms with Crippen LogP contribution >= 0.6 is 23.5 Å². The lowest BCUT2D eigenvalue weighted by Gasteiger charge is -2.36. The lowest BCUT2D eigenvalue weighted by molar-refractivity contribution is -0.175. The first-order chi connectivity index (χ1) is 37.6. The highest BCUT2D eigenvalue weighted by Crippen LogP contribution is 2.38. The van der Waals surface area contributed by atoms with Gasteiger partial charge in [0.25, 0.3) is 17.7 Å². The number of hydrogen-bond donors (Lipinski definition) is 2. The Bertz CT molecular complexity index is 2550. The Kier molecular flexibility index (Phi) is 26.4. The summed E-state index contributed by atoms with van der Waals surface area (Å²) in [7, 11) is 4.79.